The van der Waals surface area contributed by atoms with E-state index in [-0.39, 0.29) is 35.7 Å². The highest BCUT2D eigenvalue weighted by Crippen LogP contribution is 2.41. The fourth-order valence-corrected chi connectivity index (χ4v) is 5.47. The zero-order chi connectivity index (χ0) is 24.5. The van der Waals surface area contributed by atoms with Gasteiger partial charge in [0.25, 0.3) is 0 Å². The summed E-state index contributed by atoms with van der Waals surface area (Å²) in [6, 6.07) is 15.8. The van der Waals surface area contributed by atoms with Crippen molar-refractivity contribution in [1.29, 1.82) is 0 Å². The molecule has 0 saturated carbocycles. The average Bonchev–Trinajstić information content (AvgIpc) is 2.78. The zero-order valence-electron chi connectivity index (χ0n) is 17.9. The topological polar surface area (TPSA) is 110 Å². The zero-order valence-corrected chi connectivity index (χ0v) is 18.7. The van der Waals surface area contributed by atoms with E-state index in [0.717, 1.165) is 4.31 Å². The Labute approximate surface area is 195 Å². The van der Waals surface area contributed by atoms with Gasteiger partial charge in [-0.05, 0) is 54.4 Å². The van der Waals surface area contributed by atoms with Crippen molar-refractivity contribution in [1.82, 2.24) is 4.31 Å². The van der Waals surface area contributed by atoms with Gasteiger partial charge in [0.15, 0.2) is 5.60 Å². The molecule has 0 aliphatic carbocycles. The van der Waals surface area contributed by atoms with Gasteiger partial charge in [0.1, 0.15) is 23.4 Å². The summed E-state index contributed by atoms with van der Waals surface area (Å²) in [5.74, 6) is -1.94. The van der Waals surface area contributed by atoms with E-state index in [4.69, 9.17) is 15.6 Å². The summed E-state index contributed by atoms with van der Waals surface area (Å²) in [5, 5.41) is 9.02. The van der Waals surface area contributed by atoms with Gasteiger partial charge in [0.05, 0.1) is 18.0 Å². The first-order chi connectivity index (χ1) is 16.1. The van der Waals surface area contributed by atoms with Crippen LogP contribution in [0.25, 0.3) is 0 Å². The minimum atomic E-state index is -3.99. The first-order valence-corrected chi connectivity index (χ1v) is 11.8. The van der Waals surface area contributed by atoms with Gasteiger partial charge in [0, 0.05) is 5.56 Å². The quantitative estimate of drug-likeness (QED) is 0.505. The average molecular weight is 489 g/mol. The number of sulfonamides is 1. The fourth-order valence-electron chi connectivity index (χ4n) is 3.87. The molecule has 1 saturated heterocycles. The number of carboxylic acid groups (broad SMARTS) is 1. The highest BCUT2D eigenvalue weighted by molar-refractivity contribution is 7.89. The Bertz CT molecular complexity index is 1310. The molecular formula is C24H22F2N2O5S. The normalized spacial score (nSPS) is 16.4. The van der Waals surface area contributed by atoms with Crippen molar-refractivity contribution in [2.45, 2.75) is 23.0 Å². The third kappa shape index (κ3) is 4.65. The Kier molecular flexibility index (Phi) is 6.39. The maximum absolute atomic E-state index is 14.7. The molecule has 0 spiro atoms. The van der Waals surface area contributed by atoms with Crippen LogP contribution >= 0.6 is 0 Å². The van der Waals surface area contributed by atoms with E-state index >= 15 is 0 Å². The number of rotatable bonds is 8. The van der Waals surface area contributed by atoms with Gasteiger partial charge in [0.2, 0.25) is 10.0 Å². The second-order valence-electron chi connectivity index (χ2n) is 8.10. The highest BCUT2D eigenvalue weighted by Gasteiger charge is 2.53. The van der Waals surface area contributed by atoms with Crippen LogP contribution in [-0.2, 0) is 26.8 Å². The molecule has 0 aromatic heterocycles. The Morgan fingerprint density at radius 2 is 1.74 bits per heavy atom. The van der Waals surface area contributed by atoms with Crippen molar-refractivity contribution in [3.8, 4) is 5.75 Å². The van der Waals surface area contributed by atoms with E-state index in [1.807, 2.05) is 0 Å². The van der Waals surface area contributed by atoms with Crippen molar-refractivity contribution in [2.75, 3.05) is 13.1 Å². The molecule has 1 heterocycles. The lowest BCUT2D eigenvalue weighted by Crippen LogP contribution is -2.64. The molecule has 1 aliphatic rings. The number of hydrogen-bond donors (Lipinski definition) is 2. The van der Waals surface area contributed by atoms with Crippen LogP contribution in [-0.4, -0.2) is 42.9 Å². The van der Waals surface area contributed by atoms with Gasteiger partial charge in [-0.2, -0.15) is 4.31 Å². The van der Waals surface area contributed by atoms with Crippen molar-refractivity contribution >= 4 is 16.0 Å². The number of aliphatic carboxylic acids is 1. The Hall–Kier alpha value is -3.34. The van der Waals surface area contributed by atoms with Crippen LogP contribution in [0.2, 0.25) is 0 Å². The van der Waals surface area contributed by atoms with Gasteiger partial charge >= 0.3 is 5.97 Å². The van der Waals surface area contributed by atoms with E-state index in [1.165, 1.54) is 60.7 Å². The molecule has 178 valence electrons. The number of ether oxygens (including phenoxy) is 1. The predicted molar refractivity (Wildman–Crippen MR) is 120 cm³/mol. The Morgan fingerprint density at radius 3 is 2.38 bits per heavy atom. The van der Waals surface area contributed by atoms with Crippen LogP contribution in [0.3, 0.4) is 0 Å². The van der Waals surface area contributed by atoms with Gasteiger partial charge in [-0.15, -0.1) is 0 Å². The summed E-state index contributed by atoms with van der Waals surface area (Å²) < 4.78 is 61.7. The van der Waals surface area contributed by atoms with Crippen molar-refractivity contribution in [3.63, 3.8) is 0 Å². The Morgan fingerprint density at radius 1 is 1.06 bits per heavy atom. The SMILES string of the molecule is NC(Cc1cccc(S(=O)(=O)N2CC(Oc3ccc(F)cc3)(c3ccccc3F)C2)c1)C(=O)O. The minimum absolute atomic E-state index is 0.0356. The second kappa shape index (κ2) is 9.13. The molecule has 1 fully saturated rings. The lowest BCUT2D eigenvalue weighted by molar-refractivity contribution is -0.138. The molecule has 7 nitrogen and oxygen atoms in total. The number of nitrogens with zero attached hydrogens (tertiary/aromatic N) is 1. The summed E-state index contributed by atoms with van der Waals surface area (Å²) in [6.45, 7) is -0.348. The number of halogens is 2. The van der Waals surface area contributed by atoms with Gasteiger partial charge in [-0.3, -0.25) is 4.79 Å². The Balaban J connectivity index is 1.61. The molecule has 3 N–H and O–H groups in total. The number of hydrogen-bond acceptors (Lipinski definition) is 5. The third-order valence-electron chi connectivity index (χ3n) is 5.66. The molecule has 0 bridgehead atoms. The fraction of sp³-hybridized carbons (Fsp3) is 0.208. The predicted octanol–water partition coefficient (Wildman–Crippen LogP) is 2.90. The smallest absolute Gasteiger partial charge is 0.320 e. The molecule has 1 unspecified atom stereocenters. The van der Waals surface area contributed by atoms with Crippen molar-refractivity contribution in [2.24, 2.45) is 5.73 Å². The summed E-state index contributed by atoms with van der Waals surface area (Å²) in [5.41, 5.74) is 4.91. The molecule has 3 aromatic rings. The first kappa shape index (κ1) is 23.8. The summed E-state index contributed by atoms with van der Waals surface area (Å²) in [7, 11) is -3.99. The van der Waals surface area contributed by atoms with Gasteiger partial charge in [-0.1, -0.05) is 30.3 Å². The lowest BCUT2D eigenvalue weighted by Gasteiger charge is -2.48. The molecule has 1 atom stereocenters. The number of carboxylic acids is 1. The standard InChI is InChI=1S/C24H22F2N2O5S/c25-17-8-10-18(11-9-17)33-24(20-6-1-2-7-21(20)26)14-28(15-24)34(31,32)19-5-3-4-16(12-19)13-22(27)23(29)30/h1-12,22H,13-15,27H2,(H,29,30). The van der Waals surface area contributed by atoms with Crippen LogP contribution in [0.4, 0.5) is 8.78 Å². The van der Waals surface area contributed by atoms with Crippen LogP contribution in [0.15, 0.2) is 77.7 Å². The molecule has 3 aromatic carbocycles. The van der Waals surface area contributed by atoms with E-state index in [1.54, 1.807) is 12.1 Å². The molecular weight excluding hydrogens is 466 g/mol. The van der Waals surface area contributed by atoms with Gasteiger partial charge in [-0.25, -0.2) is 17.2 Å². The number of carbonyl (C=O) groups is 1. The molecule has 1 aliphatic heterocycles. The maximum Gasteiger partial charge on any atom is 0.320 e. The molecule has 34 heavy (non-hydrogen) atoms. The number of benzene rings is 3. The van der Waals surface area contributed by atoms with Crippen LogP contribution < -0.4 is 10.5 Å². The second-order valence-corrected chi connectivity index (χ2v) is 10.0. The van der Waals surface area contributed by atoms with Gasteiger partial charge < -0.3 is 15.6 Å². The molecule has 10 heteroatoms. The van der Waals surface area contributed by atoms with E-state index in [9.17, 15) is 22.0 Å². The summed E-state index contributed by atoms with van der Waals surface area (Å²) in [4.78, 5) is 11.0. The monoisotopic (exact) mass is 488 g/mol. The maximum atomic E-state index is 14.7. The number of nitrogens with two attached hydrogens (primary N) is 1. The van der Waals surface area contributed by atoms with Crippen molar-refractivity contribution < 1.29 is 31.8 Å². The largest absolute Gasteiger partial charge is 0.480 e. The van der Waals surface area contributed by atoms with E-state index < -0.39 is 39.3 Å². The highest BCUT2D eigenvalue weighted by atomic mass is 32.2. The summed E-state index contributed by atoms with van der Waals surface area (Å²) in [6.07, 6.45) is -0.0362. The molecule has 0 radical (unpaired) electrons. The van der Waals surface area contributed by atoms with Crippen molar-refractivity contribution in [3.05, 3.63) is 95.6 Å². The third-order valence-corrected chi connectivity index (χ3v) is 7.45. The lowest BCUT2D eigenvalue weighted by atomic mass is 9.87. The van der Waals surface area contributed by atoms with Crippen LogP contribution in [0.1, 0.15) is 11.1 Å². The first-order valence-electron chi connectivity index (χ1n) is 10.4. The van der Waals surface area contributed by atoms with E-state index in [0.29, 0.717) is 5.56 Å². The van der Waals surface area contributed by atoms with Crippen LogP contribution in [0, 0.1) is 11.6 Å². The van der Waals surface area contributed by atoms with E-state index in [2.05, 4.69) is 0 Å². The molecule has 4 rings (SSSR count). The molecule has 0 amide bonds. The van der Waals surface area contributed by atoms with Crippen LogP contribution in [0.5, 0.6) is 5.75 Å². The minimum Gasteiger partial charge on any atom is -0.480 e. The summed E-state index contributed by atoms with van der Waals surface area (Å²) >= 11 is 0.